The van der Waals surface area contributed by atoms with E-state index in [-0.39, 0.29) is 58.6 Å². The van der Waals surface area contributed by atoms with Crippen LogP contribution in [0.5, 0.6) is 0 Å². The molecule has 0 radical (unpaired) electrons. The van der Waals surface area contributed by atoms with Crippen molar-refractivity contribution in [2.75, 3.05) is 11.1 Å². The first-order chi connectivity index (χ1) is 17.8. The fraction of sp³-hybridized carbons (Fsp3) is 0.318. The highest BCUT2D eigenvalue weighted by Crippen LogP contribution is 2.44. The van der Waals surface area contributed by atoms with Crippen LogP contribution in [0.15, 0.2) is 30.9 Å². The number of nitrogen functional groups attached to an aromatic ring is 1. The van der Waals surface area contributed by atoms with Crippen LogP contribution in [0.3, 0.4) is 0 Å². The smallest absolute Gasteiger partial charge is 0.383 e. The minimum atomic E-state index is -4.61. The Morgan fingerprint density at radius 2 is 1.84 bits per heavy atom. The summed E-state index contributed by atoms with van der Waals surface area (Å²) < 4.78 is 78.2. The number of anilines is 2. The zero-order valence-electron chi connectivity index (χ0n) is 19.4. The predicted molar refractivity (Wildman–Crippen MR) is 120 cm³/mol. The van der Waals surface area contributed by atoms with Crippen LogP contribution in [-0.2, 0) is 22.8 Å². The van der Waals surface area contributed by atoms with Crippen LogP contribution in [-0.4, -0.2) is 46.6 Å². The third-order valence-corrected chi connectivity index (χ3v) is 6.16. The topological polar surface area (TPSA) is 137 Å². The third kappa shape index (κ3) is 4.35. The number of carbonyl (C=O) groups is 1. The molecule has 5 rings (SSSR count). The predicted octanol–water partition coefficient (Wildman–Crippen LogP) is 3.72. The summed E-state index contributed by atoms with van der Waals surface area (Å²) in [6.45, 7) is 1.43. The molecule has 4 aromatic rings. The van der Waals surface area contributed by atoms with Gasteiger partial charge in [0.25, 0.3) is 0 Å². The molecule has 1 aliphatic heterocycles. The molecule has 0 bridgehead atoms. The van der Waals surface area contributed by atoms with Crippen LogP contribution in [0, 0.1) is 0 Å². The summed E-state index contributed by atoms with van der Waals surface area (Å²) in [6, 6.07) is 1.89. The Morgan fingerprint density at radius 3 is 2.50 bits per heavy atom. The summed E-state index contributed by atoms with van der Waals surface area (Å²) in [5, 5.41) is 6.58. The Kier molecular flexibility index (Phi) is 5.72. The van der Waals surface area contributed by atoms with Gasteiger partial charge in [-0.15, -0.1) is 0 Å². The lowest BCUT2D eigenvalue weighted by Gasteiger charge is -2.22. The van der Waals surface area contributed by atoms with Crippen LogP contribution >= 0.6 is 0 Å². The number of aromatic nitrogens is 7. The lowest BCUT2D eigenvalue weighted by molar-refractivity contribution is -0.138. The van der Waals surface area contributed by atoms with Crippen LogP contribution < -0.4 is 11.1 Å². The SMILES string of the molecule is CC1(c2ccc(C(F)(F)F)cn2)C(=O)Nc2nc(-c3cn4ncnc4c(CCCC(F)(F)F)n3)nc(N)c21. The zero-order chi connectivity index (χ0) is 27.5. The van der Waals surface area contributed by atoms with Crippen molar-refractivity contribution >= 4 is 23.2 Å². The number of nitrogens with one attached hydrogen (secondary N) is 1. The second-order valence-electron chi connectivity index (χ2n) is 8.73. The van der Waals surface area contributed by atoms with Gasteiger partial charge in [-0.2, -0.15) is 31.4 Å². The fourth-order valence-corrected chi connectivity index (χ4v) is 4.25. The van der Waals surface area contributed by atoms with Crippen molar-refractivity contribution < 1.29 is 31.1 Å². The molecule has 198 valence electrons. The number of nitrogens with zero attached hydrogens (tertiary/aromatic N) is 7. The molecule has 1 amide bonds. The van der Waals surface area contributed by atoms with Crippen molar-refractivity contribution in [3.8, 4) is 11.5 Å². The van der Waals surface area contributed by atoms with E-state index in [1.165, 1.54) is 24.0 Å². The zero-order valence-corrected chi connectivity index (χ0v) is 19.4. The van der Waals surface area contributed by atoms with Gasteiger partial charge in [0.05, 0.1) is 28.7 Å². The Bertz CT molecular complexity index is 1550. The highest BCUT2D eigenvalue weighted by molar-refractivity contribution is 6.08. The number of amides is 1. The maximum atomic E-state index is 13.0. The van der Waals surface area contributed by atoms with E-state index < -0.39 is 35.7 Å². The molecule has 5 heterocycles. The fourth-order valence-electron chi connectivity index (χ4n) is 4.25. The van der Waals surface area contributed by atoms with E-state index in [1.54, 1.807) is 0 Å². The second kappa shape index (κ2) is 8.59. The first-order valence-electron chi connectivity index (χ1n) is 11.1. The summed E-state index contributed by atoms with van der Waals surface area (Å²) in [7, 11) is 0. The van der Waals surface area contributed by atoms with Gasteiger partial charge >= 0.3 is 12.4 Å². The number of halogens is 6. The van der Waals surface area contributed by atoms with Crippen molar-refractivity contribution in [3.05, 3.63) is 53.4 Å². The Balaban J connectivity index is 1.54. The molecule has 10 nitrogen and oxygen atoms in total. The van der Waals surface area contributed by atoms with Gasteiger partial charge in [0.15, 0.2) is 11.5 Å². The van der Waals surface area contributed by atoms with E-state index in [0.717, 1.165) is 12.1 Å². The standard InChI is InChI=1S/C22H17F6N9O/c1-20(13-5-4-10(7-30-13)22(26,27)28)14-15(29)34-16(35-17(14)36-19(20)38)12-8-37-18(31-9-32-37)11(33-12)3-2-6-21(23,24)25/h4-5,7-9H,2-3,6H2,1H3,(H3,29,34,35,36,38). The molecule has 3 N–H and O–H groups in total. The van der Waals surface area contributed by atoms with Gasteiger partial charge in [0.1, 0.15) is 29.1 Å². The molecule has 16 heteroatoms. The van der Waals surface area contributed by atoms with E-state index in [9.17, 15) is 31.1 Å². The van der Waals surface area contributed by atoms with Crippen molar-refractivity contribution in [2.24, 2.45) is 0 Å². The number of hydrogen-bond acceptors (Lipinski definition) is 8. The Hall–Kier alpha value is -4.37. The summed E-state index contributed by atoms with van der Waals surface area (Å²) in [5.74, 6) is -0.849. The maximum absolute atomic E-state index is 13.0. The van der Waals surface area contributed by atoms with Crippen LogP contribution in [0.2, 0.25) is 0 Å². The average molecular weight is 537 g/mol. The van der Waals surface area contributed by atoms with Gasteiger partial charge in [-0.3, -0.25) is 9.78 Å². The van der Waals surface area contributed by atoms with E-state index in [2.05, 4.69) is 35.3 Å². The molecular weight excluding hydrogens is 520 g/mol. The number of hydrogen-bond donors (Lipinski definition) is 2. The van der Waals surface area contributed by atoms with Crippen LogP contribution in [0.1, 0.15) is 42.3 Å². The highest BCUT2D eigenvalue weighted by atomic mass is 19.4. The molecule has 0 saturated carbocycles. The molecule has 4 aromatic heterocycles. The molecule has 1 aliphatic rings. The largest absolute Gasteiger partial charge is 0.417 e. The van der Waals surface area contributed by atoms with Gasteiger partial charge in [-0.25, -0.2) is 24.5 Å². The van der Waals surface area contributed by atoms with Gasteiger partial charge in [-0.05, 0) is 31.9 Å². The molecule has 0 saturated heterocycles. The van der Waals surface area contributed by atoms with Crippen molar-refractivity contribution in [1.82, 2.24) is 34.5 Å². The van der Waals surface area contributed by atoms with Gasteiger partial charge in [0.2, 0.25) is 5.91 Å². The lowest BCUT2D eigenvalue weighted by Crippen LogP contribution is -2.34. The summed E-state index contributed by atoms with van der Waals surface area (Å²) in [4.78, 5) is 33.8. The molecule has 1 unspecified atom stereocenters. The van der Waals surface area contributed by atoms with Crippen LogP contribution in [0.25, 0.3) is 17.2 Å². The second-order valence-corrected chi connectivity index (χ2v) is 8.73. The monoisotopic (exact) mass is 537 g/mol. The molecule has 38 heavy (non-hydrogen) atoms. The van der Waals surface area contributed by atoms with Gasteiger partial charge in [0, 0.05) is 12.6 Å². The van der Waals surface area contributed by atoms with Crippen molar-refractivity contribution in [3.63, 3.8) is 0 Å². The molecule has 0 fully saturated rings. The number of fused-ring (bicyclic) bond motifs is 2. The van der Waals surface area contributed by atoms with E-state index in [0.29, 0.717) is 6.20 Å². The number of carbonyl (C=O) groups excluding carboxylic acids is 1. The Labute approximate surface area is 209 Å². The van der Waals surface area contributed by atoms with Crippen molar-refractivity contribution in [2.45, 2.75) is 44.0 Å². The quantitative estimate of drug-likeness (QED) is 0.368. The minimum absolute atomic E-state index is 0.000747. The summed E-state index contributed by atoms with van der Waals surface area (Å²) in [6.07, 6.45) is -6.98. The highest BCUT2D eigenvalue weighted by Gasteiger charge is 2.49. The van der Waals surface area contributed by atoms with E-state index in [4.69, 9.17) is 5.73 Å². The molecule has 0 aromatic carbocycles. The number of aryl methyl sites for hydroxylation is 1. The van der Waals surface area contributed by atoms with E-state index in [1.807, 2.05) is 0 Å². The minimum Gasteiger partial charge on any atom is -0.383 e. The Morgan fingerprint density at radius 1 is 1.08 bits per heavy atom. The normalized spacial score (nSPS) is 17.6. The average Bonchev–Trinajstić information content (AvgIpc) is 3.40. The molecule has 1 atom stereocenters. The van der Waals surface area contributed by atoms with E-state index >= 15 is 0 Å². The number of pyridine rings is 1. The number of nitrogens with two attached hydrogens (primary N) is 1. The third-order valence-electron chi connectivity index (χ3n) is 6.16. The first kappa shape index (κ1) is 25.3. The molecule has 0 spiro atoms. The van der Waals surface area contributed by atoms with Gasteiger partial charge in [-0.1, -0.05) is 0 Å². The van der Waals surface area contributed by atoms with Gasteiger partial charge < -0.3 is 11.1 Å². The number of alkyl halides is 6. The van der Waals surface area contributed by atoms with Crippen molar-refractivity contribution in [1.29, 1.82) is 0 Å². The maximum Gasteiger partial charge on any atom is 0.417 e. The molecular formula is C22H17F6N9O. The lowest BCUT2D eigenvalue weighted by atomic mass is 9.80. The summed E-state index contributed by atoms with van der Waals surface area (Å²) >= 11 is 0. The molecule has 0 aliphatic carbocycles. The van der Waals surface area contributed by atoms with Crippen LogP contribution in [0.4, 0.5) is 38.0 Å². The summed E-state index contributed by atoms with van der Waals surface area (Å²) in [5.41, 5.74) is 4.35. The number of rotatable bonds is 5. The first-order valence-corrected chi connectivity index (χ1v) is 11.1.